The fourth-order valence-electron chi connectivity index (χ4n) is 7.76. The number of phenolic OH excluding ortho intramolecular Hbond substituents is 1. The van der Waals surface area contributed by atoms with Crippen molar-refractivity contribution in [1.82, 2.24) is 4.90 Å². The van der Waals surface area contributed by atoms with Crippen LogP contribution in [0.25, 0.3) is 0 Å². The van der Waals surface area contributed by atoms with Crippen LogP contribution in [0.5, 0.6) is 5.75 Å². The summed E-state index contributed by atoms with van der Waals surface area (Å²) in [4.78, 5) is 58.4. The fraction of sp³-hybridized carbons (Fsp3) is 0.438. The molecule has 2 heterocycles. The van der Waals surface area contributed by atoms with Gasteiger partial charge >= 0.3 is 0 Å². The second-order valence-corrected chi connectivity index (χ2v) is 12.7. The van der Waals surface area contributed by atoms with Crippen LogP contribution in [0.4, 0.5) is 5.69 Å². The first kappa shape index (κ1) is 25.5. The molecule has 2 aliphatic carbocycles. The number of para-hydroxylation sites is 2. The van der Waals surface area contributed by atoms with Crippen LogP contribution in [0.2, 0.25) is 0 Å². The highest BCUT2D eigenvalue weighted by molar-refractivity contribution is 6.24. The molecule has 1 saturated carbocycles. The Kier molecular flexibility index (Phi) is 5.48. The molecule has 7 nitrogen and oxygen atoms in total. The maximum Gasteiger partial charge on any atom is 0.241 e. The zero-order valence-corrected chi connectivity index (χ0v) is 23.0. The largest absolute Gasteiger partial charge is 0.507 e. The molecular weight excluding hydrogens is 492 g/mol. The molecule has 0 radical (unpaired) electrons. The highest BCUT2D eigenvalue weighted by Crippen LogP contribution is 2.64. The molecule has 0 unspecified atom stereocenters. The standard InChI is InChI=1S/C32H34N2O5/c1-17-10-9-13-21(26(17)35)25-19-14-15-20-24(29(38)34(27(20)36)31(2,3)4)22(19)16-23-28(37)33(30(39)32(23,25)5)18-11-7-6-8-12-18/h6-14,20,22-25,35H,15-16H2,1-5H3/t20-,22+,23-,24-,25+,32+/m0/s1. The van der Waals surface area contributed by atoms with E-state index in [0.717, 1.165) is 5.57 Å². The normalized spacial score (nSPS) is 32.2. The smallest absolute Gasteiger partial charge is 0.241 e. The van der Waals surface area contributed by atoms with E-state index in [4.69, 9.17) is 0 Å². The molecule has 2 saturated heterocycles. The van der Waals surface area contributed by atoms with Crippen molar-refractivity contribution in [2.24, 2.45) is 29.1 Å². The number of carbonyl (C=O) groups excluding carboxylic acids is 4. The summed E-state index contributed by atoms with van der Waals surface area (Å²) in [6.45, 7) is 9.21. The lowest BCUT2D eigenvalue weighted by molar-refractivity contribution is -0.145. The van der Waals surface area contributed by atoms with E-state index in [0.29, 0.717) is 29.7 Å². The second-order valence-electron chi connectivity index (χ2n) is 12.7. The van der Waals surface area contributed by atoms with E-state index in [-0.39, 0.29) is 35.3 Å². The summed E-state index contributed by atoms with van der Waals surface area (Å²) in [5.41, 5.74) is 0.818. The Hall–Kier alpha value is -3.74. The Morgan fingerprint density at radius 2 is 1.59 bits per heavy atom. The Morgan fingerprint density at radius 3 is 2.26 bits per heavy atom. The number of aromatic hydroxyl groups is 1. The third-order valence-electron chi connectivity index (χ3n) is 9.54. The monoisotopic (exact) mass is 526 g/mol. The summed E-state index contributed by atoms with van der Waals surface area (Å²) in [5, 5.41) is 11.3. The van der Waals surface area contributed by atoms with Gasteiger partial charge in [0, 0.05) is 17.0 Å². The Bertz CT molecular complexity index is 1450. The van der Waals surface area contributed by atoms with E-state index in [1.54, 1.807) is 24.3 Å². The number of nitrogens with zero attached hydrogens (tertiary/aromatic N) is 2. The SMILES string of the molecule is Cc1cccc([C@H]2C3=CC[C@@H]4C(=O)N(C(C)(C)C)C(=O)[C@@H]4[C@@H]3C[C@H]3C(=O)N(c4ccccc4)C(=O)[C@@]23C)c1O. The molecule has 2 aromatic carbocycles. The van der Waals surface area contributed by atoms with Gasteiger partial charge in [0.2, 0.25) is 23.6 Å². The number of anilines is 1. The van der Waals surface area contributed by atoms with Crippen LogP contribution in [0, 0.1) is 36.0 Å². The van der Waals surface area contributed by atoms with Gasteiger partial charge < -0.3 is 5.11 Å². The van der Waals surface area contributed by atoms with Crippen molar-refractivity contribution < 1.29 is 24.3 Å². The number of phenols is 1. The Morgan fingerprint density at radius 1 is 0.897 bits per heavy atom. The van der Waals surface area contributed by atoms with Gasteiger partial charge in [0.05, 0.1) is 28.9 Å². The average molecular weight is 527 g/mol. The predicted molar refractivity (Wildman–Crippen MR) is 146 cm³/mol. The number of allylic oxidation sites excluding steroid dienone is 2. The molecule has 0 aromatic heterocycles. The van der Waals surface area contributed by atoms with Crippen molar-refractivity contribution in [2.75, 3.05) is 4.90 Å². The predicted octanol–water partition coefficient (Wildman–Crippen LogP) is 4.73. The van der Waals surface area contributed by atoms with E-state index < -0.39 is 34.6 Å². The first-order valence-electron chi connectivity index (χ1n) is 13.7. The summed E-state index contributed by atoms with van der Waals surface area (Å²) >= 11 is 0. The van der Waals surface area contributed by atoms with E-state index in [2.05, 4.69) is 0 Å². The van der Waals surface area contributed by atoms with Crippen LogP contribution in [-0.2, 0) is 19.2 Å². The molecule has 6 atom stereocenters. The van der Waals surface area contributed by atoms with Crippen molar-refractivity contribution in [3.63, 3.8) is 0 Å². The highest BCUT2D eigenvalue weighted by Gasteiger charge is 2.68. The maximum atomic E-state index is 14.3. The van der Waals surface area contributed by atoms with Crippen LogP contribution in [-0.4, -0.2) is 39.2 Å². The van der Waals surface area contributed by atoms with Crippen LogP contribution in [0.1, 0.15) is 57.6 Å². The fourth-order valence-corrected chi connectivity index (χ4v) is 7.76. The number of rotatable bonds is 2. The van der Waals surface area contributed by atoms with Crippen molar-refractivity contribution in [3.8, 4) is 5.75 Å². The van der Waals surface area contributed by atoms with Gasteiger partial charge in [-0.3, -0.25) is 24.1 Å². The summed E-state index contributed by atoms with van der Waals surface area (Å²) < 4.78 is 0. The third-order valence-corrected chi connectivity index (χ3v) is 9.54. The van der Waals surface area contributed by atoms with Crippen molar-refractivity contribution in [1.29, 1.82) is 0 Å². The number of carbonyl (C=O) groups is 4. The first-order chi connectivity index (χ1) is 18.4. The topological polar surface area (TPSA) is 95.0 Å². The Balaban J connectivity index is 1.55. The van der Waals surface area contributed by atoms with Crippen LogP contribution in [0.3, 0.4) is 0 Å². The van der Waals surface area contributed by atoms with Gasteiger partial charge in [-0.1, -0.05) is 48.0 Å². The summed E-state index contributed by atoms with van der Waals surface area (Å²) in [5.74, 6) is -3.67. The molecule has 4 amide bonds. The molecular formula is C32H34N2O5. The number of benzene rings is 2. The lowest BCUT2D eigenvalue weighted by Crippen LogP contribution is -2.49. The number of hydrogen-bond donors (Lipinski definition) is 1. The number of amides is 4. The molecule has 1 N–H and O–H groups in total. The van der Waals surface area contributed by atoms with Gasteiger partial charge in [0.25, 0.3) is 0 Å². The van der Waals surface area contributed by atoms with Crippen molar-refractivity contribution in [2.45, 2.75) is 58.9 Å². The summed E-state index contributed by atoms with van der Waals surface area (Å²) in [6, 6.07) is 14.4. The lowest BCUT2D eigenvalue weighted by Gasteiger charge is -2.49. The van der Waals surface area contributed by atoms with Crippen LogP contribution < -0.4 is 4.90 Å². The molecule has 2 aromatic rings. The van der Waals surface area contributed by atoms with E-state index >= 15 is 0 Å². The van der Waals surface area contributed by atoms with Gasteiger partial charge in [-0.25, -0.2) is 4.90 Å². The molecule has 0 bridgehead atoms. The number of aryl methyl sites for hydroxylation is 1. The summed E-state index contributed by atoms with van der Waals surface area (Å²) in [7, 11) is 0. The van der Waals surface area contributed by atoms with Crippen molar-refractivity contribution >= 4 is 29.3 Å². The number of imide groups is 2. The van der Waals surface area contributed by atoms with Gasteiger partial charge in [-0.2, -0.15) is 0 Å². The van der Waals surface area contributed by atoms with Gasteiger partial charge in [0.15, 0.2) is 0 Å². The molecule has 0 spiro atoms. The van der Waals surface area contributed by atoms with Crippen molar-refractivity contribution in [3.05, 3.63) is 71.3 Å². The lowest BCUT2D eigenvalue weighted by atomic mass is 9.51. The number of likely N-dealkylation sites (tertiary alicyclic amines) is 1. The van der Waals surface area contributed by atoms with E-state index in [9.17, 15) is 24.3 Å². The van der Waals surface area contributed by atoms with E-state index in [1.165, 1.54) is 9.80 Å². The third kappa shape index (κ3) is 3.34. The van der Waals surface area contributed by atoms with E-state index in [1.807, 2.05) is 65.0 Å². The van der Waals surface area contributed by atoms with Crippen LogP contribution >= 0.6 is 0 Å². The summed E-state index contributed by atoms with van der Waals surface area (Å²) in [6.07, 6.45) is 2.71. The van der Waals surface area contributed by atoms with Gasteiger partial charge in [-0.15, -0.1) is 0 Å². The van der Waals surface area contributed by atoms with Gasteiger partial charge in [-0.05, 0) is 71.1 Å². The molecule has 7 heteroatoms. The number of fused-ring (bicyclic) bond motifs is 4. The zero-order chi connectivity index (χ0) is 28.0. The molecule has 4 aliphatic rings. The maximum absolute atomic E-state index is 14.3. The molecule has 6 rings (SSSR count). The minimum absolute atomic E-state index is 0.0923. The first-order valence-corrected chi connectivity index (χ1v) is 13.7. The molecule has 39 heavy (non-hydrogen) atoms. The molecule has 202 valence electrons. The highest BCUT2D eigenvalue weighted by atomic mass is 16.3. The molecule has 3 fully saturated rings. The minimum Gasteiger partial charge on any atom is -0.507 e. The number of hydrogen-bond acceptors (Lipinski definition) is 5. The average Bonchev–Trinajstić information content (AvgIpc) is 3.26. The Labute approximate surface area is 228 Å². The minimum atomic E-state index is -1.16. The zero-order valence-electron chi connectivity index (χ0n) is 23.0. The molecule has 2 aliphatic heterocycles. The van der Waals surface area contributed by atoms with Crippen LogP contribution in [0.15, 0.2) is 60.2 Å². The van der Waals surface area contributed by atoms with Gasteiger partial charge in [0.1, 0.15) is 5.75 Å². The quantitative estimate of drug-likeness (QED) is 0.451. The second kappa shape index (κ2) is 8.38.